The lowest BCUT2D eigenvalue weighted by Crippen LogP contribution is -2.42. The summed E-state index contributed by atoms with van der Waals surface area (Å²) in [6, 6.07) is 47.5. The van der Waals surface area contributed by atoms with Crippen molar-refractivity contribution in [2.45, 2.75) is 48.1 Å². The Balaban J connectivity index is 1.29. The predicted octanol–water partition coefficient (Wildman–Crippen LogP) is 9.03. The Morgan fingerprint density at radius 1 is 0.478 bits per heavy atom. The number of carbonyl (C=O) groups excluding carboxylic acids is 1. The zero-order chi connectivity index (χ0) is 30.2. The highest BCUT2D eigenvalue weighted by Crippen LogP contribution is 2.81. The molecule has 3 heteroatoms. The lowest BCUT2D eigenvalue weighted by molar-refractivity contribution is -0.125. The van der Waals surface area contributed by atoms with Crippen molar-refractivity contribution in [2.75, 3.05) is 0 Å². The number of Topliss-reactive ketones (excluding diaryl/α,β-unsaturated/α-hetero) is 1. The van der Waals surface area contributed by atoms with Gasteiger partial charge in [-0.25, -0.2) is 0 Å². The van der Waals surface area contributed by atoms with Crippen molar-refractivity contribution in [3.05, 3.63) is 178 Å². The molecule has 2 aliphatic carbocycles. The van der Waals surface area contributed by atoms with Crippen molar-refractivity contribution in [3.63, 3.8) is 0 Å². The van der Waals surface area contributed by atoms with Crippen LogP contribution in [0.2, 0.25) is 0 Å². The second-order valence-electron chi connectivity index (χ2n) is 14.0. The van der Waals surface area contributed by atoms with Crippen LogP contribution in [0.15, 0.2) is 133 Å². The second kappa shape index (κ2) is 8.82. The molecule has 5 aromatic rings. The topological polar surface area (TPSA) is 35.5 Å². The SMILES string of the molecule is O=C1[C@]2(c3ccccc3)C(c3ccccc3)=C(c3ccccc3)[C@]1(c1ccccc1)[C@@H]1[C@@H]2[C@H]2O[C@H]1c1cc3c(cc12)[C@@H]1CC[C@@H]3O1. The Morgan fingerprint density at radius 3 is 1.28 bits per heavy atom. The third-order valence-electron chi connectivity index (χ3n) is 12.3. The zero-order valence-electron chi connectivity index (χ0n) is 25.3. The van der Waals surface area contributed by atoms with Gasteiger partial charge in [0.1, 0.15) is 0 Å². The maximum atomic E-state index is 16.3. The van der Waals surface area contributed by atoms with Gasteiger partial charge in [-0.15, -0.1) is 0 Å². The molecule has 11 rings (SSSR count). The number of carbonyl (C=O) groups is 1. The quantitative estimate of drug-likeness (QED) is 0.208. The van der Waals surface area contributed by atoms with Gasteiger partial charge in [0, 0.05) is 11.8 Å². The normalized spacial score (nSPS) is 33.9. The van der Waals surface area contributed by atoms with E-state index in [0.717, 1.165) is 46.2 Å². The molecule has 0 amide bonds. The van der Waals surface area contributed by atoms with E-state index >= 15 is 4.79 Å². The summed E-state index contributed by atoms with van der Waals surface area (Å²) in [6.45, 7) is 0. The van der Waals surface area contributed by atoms with E-state index in [0.29, 0.717) is 5.78 Å². The molecule has 5 aromatic carbocycles. The van der Waals surface area contributed by atoms with Gasteiger partial charge < -0.3 is 9.47 Å². The van der Waals surface area contributed by atoms with E-state index in [4.69, 9.17) is 9.47 Å². The van der Waals surface area contributed by atoms with Crippen molar-refractivity contribution >= 4 is 16.9 Å². The van der Waals surface area contributed by atoms with Crippen LogP contribution >= 0.6 is 0 Å². The van der Waals surface area contributed by atoms with Gasteiger partial charge in [0.2, 0.25) is 0 Å². The maximum Gasteiger partial charge on any atom is 0.163 e. The largest absolute Gasteiger partial charge is 0.366 e. The first-order chi connectivity index (χ1) is 22.7. The van der Waals surface area contributed by atoms with Crippen molar-refractivity contribution < 1.29 is 14.3 Å². The van der Waals surface area contributed by atoms with E-state index in [1.165, 1.54) is 22.3 Å². The fourth-order valence-corrected chi connectivity index (χ4v) is 10.9. The van der Waals surface area contributed by atoms with Crippen LogP contribution in [0.1, 0.15) is 81.8 Å². The molecule has 1 saturated carbocycles. The van der Waals surface area contributed by atoms with Crippen molar-refractivity contribution in [1.29, 1.82) is 0 Å². The third-order valence-corrected chi connectivity index (χ3v) is 12.3. The smallest absolute Gasteiger partial charge is 0.163 e. The Morgan fingerprint density at radius 2 is 0.870 bits per heavy atom. The first kappa shape index (κ1) is 25.6. The monoisotopic (exact) mass is 596 g/mol. The van der Waals surface area contributed by atoms with Crippen LogP contribution in [0.5, 0.6) is 0 Å². The number of ether oxygens (including phenoxy) is 2. The van der Waals surface area contributed by atoms with Crippen LogP contribution in [-0.2, 0) is 25.1 Å². The van der Waals surface area contributed by atoms with Gasteiger partial charge in [0.25, 0.3) is 0 Å². The molecule has 6 bridgehead atoms. The molecular formula is C43H32O3. The number of rotatable bonds is 4. The molecule has 3 nitrogen and oxygen atoms in total. The van der Waals surface area contributed by atoms with Crippen LogP contribution in [0, 0.1) is 11.8 Å². The second-order valence-corrected chi connectivity index (χ2v) is 14.0. The summed E-state index contributed by atoms with van der Waals surface area (Å²) in [4.78, 5) is 16.3. The Kier molecular flexibility index (Phi) is 4.91. The molecule has 0 N–H and O–H groups in total. The van der Waals surface area contributed by atoms with Crippen LogP contribution in [-0.4, -0.2) is 5.78 Å². The van der Waals surface area contributed by atoms with Gasteiger partial charge in [-0.1, -0.05) is 121 Å². The Hall–Kier alpha value is -4.57. The molecule has 0 radical (unpaired) electrons. The van der Waals surface area contributed by atoms with E-state index < -0.39 is 10.8 Å². The average molecular weight is 597 g/mol. The predicted molar refractivity (Wildman–Crippen MR) is 177 cm³/mol. The van der Waals surface area contributed by atoms with Crippen molar-refractivity contribution in [1.82, 2.24) is 0 Å². The third kappa shape index (κ3) is 2.79. The molecule has 4 heterocycles. The number of hydrogen-bond acceptors (Lipinski definition) is 3. The minimum absolute atomic E-state index is 0.0552. The maximum absolute atomic E-state index is 16.3. The highest BCUT2D eigenvalue weighted by molar-refractivity contribution is 6.30. The van der Waals surface area contributed by atoms with E-state index in [-0.39, 0.29) is 36.3 Å². The van der Waals surface area contributed by atoms with Gasteiger partial charge in [0.05, 0.1) is 35.2 Å². The molecule has 0 aromatic heterocycles. The summed E-state index contributed by atoms with van der Waals surface area (Å²) in [5.74, 6) is 0.188. The van der Waals surface area contributed by atoms with Crippen LogP contribution in [0.4, 0.5) is 0 Å². The molecule has 0 spiro atoms. The molecule has 222 valence electrons. The van der Waals surface area contributed by atoms with E-state index in [1.807, 2.05) is 0 Å². The fraction of sp³-hybridized carbons (Fsp3) is 0.233. The average Bonchev–Trinajstić information content (AvgIpc) is 3.97. The number of allylic oxidation sites excluding steroid dienone is 2. The molecule has 46 heavy (non-hydrogen) atoms. The highest BCUT2D eigenvalue weighted by Gasteiger charge is 2.82. The first-order valence-corrected chi connectivity index (χ1v) is 16.7. The summed E-state index contributed by atoms with van der Waals surface area (Å²) in [5, 5.41) is 0. The number of fused-ring (bicyclic) bond motifs is 17. The summed E-state index contributed by atoms with van der Waals surface area (Å²) < 4.78 is 13.7. The van der Waals surface area contributed by atoms with Gasteiger partial charge in [0.15, 0.2) is 5.78 Å². The first-order valence-electron chi connectivity index (χ1n) is 16.7. The minimum atomic E-state index is -0.889. The summed E-state index contributed by atoms with van der Waals surface area (Å²) in [6.07, 6.45) is 2.18. The fourth-order valence-electron chi connectivity index (χ4n) is 10.9. The molecule has 3 fully saturated rings. The summed E-state index contributed by atoms with van der Waals surface area (Å²) >= 11 is 0. The van der Waals surface area contributed by atoms with Crippen molar-refractivity contribution in [3.8, 4) is 0 Å². The molecule has 0 unspecified atom stereocenters. The van der Waals surface area contributed by atoms with Crippen LogP contribution in [0.3, 0.4) is 0 Å². The molecule has 2 saturated heterocycles. The number of benzene rings is 5. The summed E-state index contributed by atoms with van der Waals surface area (Å²) in [7, 11) is 0. The number of ketones is 1. The van der Waals surface area contributed by atoms with Gasteiger partial charge in [-0.3, -0.25) is 4.79 Å². The van der Waals surface area contributed by atoms with Gasteiger partial charge in [-0.2, -0.15) is 0 Å². The van der Waals surface area contributed by atoms with Crippen molar-refractivity contribution in [2.24, 2.45) is 11.8 Å². The molecular weight excluding hydrogens is 564 g/mol. The Labute approximate surface area is 268 Å². The molecule has 8 atom stereocenters. The van der Waals surface area contributed by atoms with Crippen LogP contribution < -0.4 is 0 Å². The number of hydrogen-bond donors (Lipinski definition) is 0. The molecule has 6 aliphatic rings. The Bertz CT molecular complexity index is 1960. The summed E-state index contributed by atoms with van der Waals surface area (Å²) in [5.41, 5.74) is 10.1. The minimum Gasteiger partial charge on any atom is -0.366 e. The standard InChI is InChI=1S/C43H32O3/c44-41-42(27-17-9-3-10-18-27)35(25-13-5-1-6-14-25)36(26-15-7-2-8-16-26)43(41,28-19-11-4-12-20-28)38-37(42)39-31-23-29-30(24-32(31)40(38)46-39)34-22-21-33(29)45-34/h1-20,23-24,33-34,37-40H,21-22H2/t33-,34-,37+,38+,39-,40-,42+,43+/m0/s1. The highest BCUT2D eigenvalue weighted by atomic mass is 16.5. The zero-order valence-corrected chi connectivity index (χ0v) is 25.3. The van der Waals surface area contributed by atoms with Gasteiger partial charge >= 0.3 is 0 Å². The molecule has 4 aliphatic heterocycles. The van der Waals surface area contributed by atoms with E-state index in [2.05, 4.69) is 133 Å². The lowest BCUT2D eigenvalue weighted by atomic mass is 9.54. The lowest BCUT2D eigenvalue weighted by Gasteiger charge is -2.45. The van der Waals surface area contributed by atoms with Gasteiger partial charge in [-0.05, 0) is 80.6 Å². The van der Waals surface area contributed by atoms with E-state index in [9.17, 15) is 0 Å². The van der Waals surface area contributed by atoms with E-state index in [1.54, 1.807) is 0 Å². The van der Waals surface area contributed by atoms with Crippen LogP contribution in [0.25, 0.3) is 11.1 Å².